The molecule has 2 aliphatic heterocycles. The van der Waals surface area contributed by atoms with Crippen molar-refractivity contribution >= 4 is 32.6 Å². The molecule has 1 aromatic carbocycles. The van der Waals surface area contributed by atoms with Crippen LogP contribution >= 0.6 is 22.6 Å². The minimum atomic E-state index is -3.64. The van der Waals surface area contributed by atoms with Gasteiger partial charge in [0.2, 0.25) is 10.0 Å². The lowest BCUT2D eigenvalue weighted by atomic mass is 9.88. The average Bonchev–Trinajstić information content (AvgIpc) is 2.81. The number of hydrogen-bond donors (Lipinski definition) is 1. The quantitative estimate of drug-likeness (QED) is 0.566. The van der Waals surface area contributed by atoms with Crippen molar-refractivity contribution in [1.29, 1.82) is 0 Å². The Morgan fingerprint density at radius 2 is 2.00 bits per heavy atom. The first-order valence-electron chi connectivity index (χ1n) is 7.38. The van der Waals surface area contributed by atoms with Crippen LogP contribution in [0.5, 0.6) is 0 Å². The van der Waals surface area contributed by atoms with Crippen molar-refractivity contribution in [3.05, 3.63) is 29.8 Å². The van der Waals surface area contributed by atoms with Crippen molar-refractivity contribution in [2.24, 2.45) is 0 Å². The van der Waals surface area contributed by atoms with Crippen LogP contribution < -0.4 is 0 Å². The first kappa shape index (κ1) is 16.6. The van der Waals surface area contributed by atoms with Gasteiger partial charge in [0.1, 0.15) is 0 Å². The molecule has 3 rings (SSSR count). The molecule has 2 heterocycles. The first-order valence-corrected chi connectivity index (χ1v) is 10.1. The van der Waals surface area contributed by atoms with Gasteiger partial charge in [0, 0.05) is 17.1 Å². The highest BCUT2D eigenvalue weighted by Gasteiger charge is 2.58. The molecule has 0 aliphatic carbocycles. The number of benzene rings is 1. The second-order valence-electron chi connectivity index (χ2n) is 5.99. The van der Waals surface area contributed by atoms with Gasteiger partial charge in [0.25, 0.3) is 0 Å². The van der Waals surface area contributed by atoms with Crippen LogP contribution in [0.1, 0.15) is 18.4 Å². The van der Waals surface area contributed by atoms with E-state index in [1.807, 2.05) is 6.92 Å². The highest BCUT2D eigenvalue weighted by atomic mass is 127. The summed E-state index contributed by atoms with van der Waals surface area (Å²) in [5, 5.41) is 10.5. The smallest absolute Gasteiger partial charge is 0.243 e. The Bertz CT molecular complexity index is 648. The Morgan fingerprint density at radius 3 is 2.64 bits per heavy atom. The number of hydrogen-bond acceptors (Lipinski definition) is 4. The Balaban J connectivity index is 2.03. The molecule has 2 fully saturated rings. The summed E-state index contributed by atoms with van der Waals surface area (Å²) in [6.07, 6.45) is 0.515. The molecule has 1 N–H and O–H groups in total. The third-order valence-electron chi connectivity index (χ3n) is 4.65. The predicted octanol–water partition coefficient (Wildman–Crippen LogP) is 1.71. The second kappa shape index (κ2) is 6.01. The van der Waals surface area contributed by atoms with E-state index in [1.165, 1.54) is 4.31 Å². The van der Waals surface area contributed by atoms with Gasteiger partial charge in [-0.2, -0.15) is 4.31 Å². The predicted molar refractivity (Wildman–Crippen MR) is 91.7 cm³/mol. The highest BCUT2D eigenvalue weighted by molar-refractivity contribution is 14.1. The number of aryl methyl sites for hydroxylation is 1. The molecule has 1 aromatic rings. The van der Waals surface area contributed by atoms with E-state index in [0.29, 0.717) is 19.6 Å². The van der Waals surface area contributed by atoms with E-state index in [2.05, 4.69) is 22.6 Å². The summed E-state index contributed by atoms with van der Waals surface area (Å²) in [5.41, 5.74) is 0.172. The van der Waals surface area contributed by atoms with E-state index in [-0.39, 0.29) is 15.4 Å². The summed E-state index contributed by atoms with van der Waals surface area (Å²) in [6.45, 7) is 3.13. The lowest BCUT2D eigenvalue weighted by Gasteiger charge is -2.45. The Hall–Kier alpha value is -0.220. The van der Waals surface area contributed by atoms with Gasteiger partial charge in [-0.3, -0.25) is 0 Å². The summed E-state index contributed by atoms with van der Waals surface area (Å²) in [7, 11) is -3.64. The third kappa shape index (κ3) is 2.50. The highest BCUT2D eigenvalue weighted by Crippen LogP contribution is 2.43. The second-order valence-corrected chi connectivity index (χ2v) is 9.36. The minimum absolute atomic E-state index is 0.0385. The van der Waals surface area contributed by atoms with E-state index in [4.69, 9.17) is 4.74 Å². The van der Waals surface area contributed by atoms with Gasteiger partial charge in [-0.15, -0.1) is 0 Å². The number of alkyl halides is 1. The standard InChI is InChI=1S/C15H20INO4S/c1-11-2-4-12(5-3-11)22(19,20)17-8-6-14(18)15(17)10-21-9-7-13(15)16/h2-5,13-14,18H,6-10H2,1H3/t13?,14-,15+/m1/s1. The maximum atomic E-state index is 13.1. The maximum Gasteiger partial charge on any atom is 0.243 e. The molecule has 0 bridgehead atoms. The lowest BCUT2D eigenvalue weighted by molar-refractivity contribution is -0.0439. The van der Waals surface area contributed by atoms with E-state index in [9.17, 15) is 13.5 Å². The number of aliphatic hydroxyl groups excluding tert-OH is 1. The summed E-state index contributed by atoms with van der Waals surface area (Å²) in [4.78, 5) is 0.278. The van der Waals surface area contributed by atoms with Crippen LogP contribution in [0.15, 0.2) is 29.2 Å². The molecule has 1 spiro atoms. The molecule has 0 radical (unpaired) electrons. The van der Waals surface area contributed by atoms with Gasteiger partial charge < -0.3 is 9.84 Å². The SMILES string of the molecule is Cc1ccc(S(=O)(=O)N2CC[C@@H](O)[C@@]23COCCC3I)cc1. The molecule has 5 nitrogen and oxygen atoms in total. The van der Waals surface area contributed by atoms with Crippen molar-refractivity contribution in [2.75, 3.05) is 19.8 Å². The van der Waals surface area contributed by atoms with Crippen molar-refractivity contribution in [3.8, 4) is 0 Å². The molecule has 1 unspecified atom stereocenters. The van der Waals surface area contributed by atoms with Gasteiger partial charge in [-0.1, -0.05) is 40.3 Å². The van der Waals surface area contributed by atoms with Gasteiger partial charge >= 0.3 is 0 Å². The van der Waals surface area contributed by atoms with Gasteiger partial charge in [0.15, 0.2) is 0 Å². The van der Waals surface area contributed by atoms with Crippen molar-refractivity contribution in [3.63, 3.8) is 0 Å². The van der Waals surface area contributed by atoms with Crippen LogP contribution in [0.2, 0.25) is 0 Å². The summed E-state index contributed by atoms with van der Waals surface area (Å²) >= 11 is 2.26. The molecule has 2 saturated heterocycles. The molecule has 0 aromatic heterocycles. The maximum absolute atomic E-state index is 13.1. The van der Waals surface area contributed by atoms with Gasteiger partial charge in [-0.25, -0.2) is 8.42 Å². The number of halogens is 1. The van der Waals surface area contributed by atoms with Crippen molar-refractivity contribution in [1.82, 2.24) is 4.31 Å². The number of ether oxygens (including phenoxy) is 1. The lowest BCUT2D eigenvalue weighted by Crippen LogP contribution is -2.63. The van der Waals surface area contributed by atoms with Crippen LogP contribution in [-0.4, -0.2) is 53.2 Å². The van der Waals surface area contributed by atoms with E-state index in [1.54, 1.807) is 24.3 Å². The molecule has 2 aliphatic rings. The Kier molecular flexibility index (Phi) is 4.54. The Labute approximate surface area is 144 Å². The minimum Gasteiger partial charge on any atom is -0.391 e. The first-order chi connectivity index (χ1) is 10.4. The van der Waals surface area contributed by atoms with E-state index >= 15 is 0 Å². The molecular weight excluding hydrogens is 417 g/mol. The fourth-order valence-electron chi connectivity index (χ4n) is 3.34. The monoisotopic (exact) mass is 437 g/mol. The topological polar surface area (TPSA) is 66.8 Å². The molecular formula is C15H20INO4S. The fraction of sp³-hybridized carbons (Fsp3) is 0.600. The van der Waals surface area contributed by atoms with Crippen molar-refractivity contribution < 1.29 is 18.3 Å². The normalized spacial score (nSPS) is 33.4. The number of nitrogens with zero attached hydrogens (tertiary/aromatic N) is 1. The zero-order valence-corrected chi connectivity index (χ0v) is 15.4. The van der Waals surface area contributed by atoms with E-state index in [0.717, 1.165) is 12.0 Å². The third-order valence-corrected chi connectivity index (χ3v) is 8.32. The average molecular weight is 437 g/mol. The van der Waals surface area contributed by atoms with Crippen LogP contribution in [0.25, 0.3) is 0 Å². The van der Waals surface area contributed by atoms with Crippen molar-refractivity contribution in [2.45, 2.75) is 40.2 Å². The molecule has 3 atom stereocenters. The van der Waals surface area contributed by atoms with Crippen LogP contribution in [0.3, 0.4) is 0 Å². The summed E-state index contributed by atoms with van der Waals surface area (Å²) in [5.74, 6) is 0. The molecule has 0 amide bonds. The van der Waals surface area contributed by atoms with Gasteiger partial charge in [-0.05, 0) is 31.9 Å². The molecule has 0 saturated carbocycles. The Morgan fingerprint density at radius 1 is 1.32 bits per heavy atom. The number of sulfonamides is 1. The zero-order valence-electron chi connectivity index (χ0n) is 12.4. The molecule has 122 valence electrons. The molecule has 22 heavy (non-hydrogen) atoms. The largest absolute Gasteiger partial charge is 0.391 e. The van der Waals surface area contributed by atoms with Gasteiger partial charge in [0.05, 0.1) is 23.1 Å². The van der Waals surface area contributed by atoms with Crippen LogP contribution in [-0.2, 0) is 14.8 Å². The van der Waals surface area contributed by atoms with E-state index < -0.39 is 21.7 Å². The van der Waals surface area contributed by atoms with Crippen LogP contribution in [0, 0.1) is 6.92 Å². The van der Waals surface area contributed by atoms with Crippen LogP contribution in [0.4, 0.5) is 0 Å². The fourth-order valence-corrected chi connectivity index (χ4v) is 6.55. The molecule has 7 heteroatoms. The number of rotatable bonds is 2. The zero-order chi connectivity index (χ0) is 16.0. The number of aliphatic hydroxyl groups is 1. The summed E-state index contributed by atoms with van der Waals surface area (Å²) in [6, 6.07) is 6.86. The summed E-state index contributed by atoms with van der Waals surface area (Å²) < 4.78 is 33.2.